The van der Waals surface area contributed by atoms with E-state index in [-0.39, 0.29) is 23.6 Å². The van der Waals surface area contributed by atoms with E-state index in [0.717, 1.165) is 5.56 Å². The van der Waals surface area contributed by atoms with Crippen LogP contribution in [0.25, 0.3) is 0 Å². The lowest BCUT2D eigenvalue weighted by molar-refractivity contribution is -0.118. The molecule has 11 heteroatoms. The molecule has 4 rings (SSSR count). The Morgan fingerprint density at radius 1 is 1.18 bits per heavy atom. The third kappa shape index (κ3) is 5.51. The molecule has 1 unspecified atom stereocenters. The molecule has 0 aromatic heterocycles. The Morgan fingerprint density at radius 2 is 1.92 bits per heavy atom. The van der Waals surface area contributed by atoms with Gasteiger partial charge in [0.2, 0.25) is 0 Å². The molecule has 0 saturated heterocycles. The van der Waals surface area contributed by atoms with Gasteiger partial charge in [-0.3, -0.25) is 20.6 Å². The number of benzene rings is 3. The maximum Gasteiger partial charge on any atom is 0.337 e. The fourth-order valence-electron chi connectivity index (χ4n) is 4.00. The number of ether oxygens (including phenoxy) is 2. The number of nitrogens with one attached hydrogen (secondary N) is 3. The average Bonchev–Trinajstić information content (AvgIpc) is 2.92. The third-order valence-electron chi connectivity index (χ3n) is 5.84. The molecule has 0 aliphatic carbocycles. The highest BCUT2D eigenvalue weighted by atomic mass is 16.5. The first-order valence-electron chi connectivity index (χ1n) is 11.8. The summed E-state index contributed by atoms with van der Waals surface area (Å²) in [6, 6.07) is 18.1. The van der Waals surface area contributed by atoms with Gasteiger partial charge in [0.15, 0.2) is 11.5 Å². The van der Waals surface area contributed by atoms with E-state index in [1.54, 1.807) is 55.6 Å². The number of rotatable bonds is 10. The van der Waals surface area contributed by atoms with Gasteiger partial charge in [0.1, 0.15) is 24.3 Å². The summed E-state index contributed by atoms with van der Waals surface area (Å²) in [4.78, 5) is 29.1. The van der Waals surface area contributed by atoms with Gasteiger partial charge < -0.3 is 25.6 Å². The molecular formula is C27H28N6O5. The molecule has 11 nitrogen and oxygen atoms in total. The van der Waals surface area contributed by atoms with Gasteiger partial charge in [-0.25, -0.2) is 9.80 Å². The van der Waals surface area contributed by atoms with Crippen molar-refractivity contribution in [2.75, 3.05) is 30.6 Å². The number of nitrogens with zero attached hydrogens (tertiary/aromatic N) is 2. The van der Waals surface area contributed by atoms with E-state index in [4.69, 9.17) is 20.6 Å². The van der Waals surface area contributed by atoms with Crippen LogP contribution in [0.15, 0.2) is 71.7 Å². The lowest BCUT2D eigenvalue weighted by atomic mass is 10.0. The number of hydrogen-bond acceptors (Lipinski definition) is 8. The van der Waals surface area contributed by atoms with Crippen LogP contribution < -0.4 is 31.0 Å². The number of nitrogen functional groups attached to an aromatic ring is 1. The summed E-state index contributed by atoms with van der Waals surface area (Å²) in [5, 5.41) is 21.9. The highest BCUT2D eigenvalue weighted by molar-refractivity contribution is 6.08. The van der Waals surface area contributed by atoms with Crippen molar-refractivity contribution in [2.45, 2.75) is 13.0 Å². The van der Waals surface area contributed by atoms with Crippen LogP contribution in [0.1, 0.15) is 34.5 Å². The summed E-state index contributed by atoms with van der Waals surface area (Å²) in [5.74, 6) is -0.132. The minimum absolute atomic E-state index is 0.0259. The number of carbonyl (C=O) groups is 2. The number of anilines is 2. The Bertz CT molecular complexity index is 1390. The summed E-state index contributed by atoms with van der Waals surface area (Å²) >= 11 is 0. The van der Waals surface area contributed by atoms with Gasteiger partial charge in [0.25, 0.3) is 5.91 Å². The molecule has 38 heavy (non-hydrogen) atoms. The van der Waals surface area contributed by atoms with Gasteiger partial charge in [-0.15, -0.1) is 0 Å². The molecule has 3 aromatic rings. The molecule has 1 aliphatic heterocycles. The largest absolute Gasteiger partial charge is 0.493 e. The molecular weight excluding hydrogens is 488 g/mol. The fourth-order valence-corrected chi connectivity index (χ4v) is 4.00. The molecule has 0 bridgehead atoms. The molecule has 0 fully saturated rings. The van der Waals surface area contributed by atoms with Crippen molar-refractivity contribution in [3.05, 3.63) is 83.4 Å². The van der Waals surface area contributed by atoms with E-state index in [1.165, 1.54) is 11.1 Å². The van der Waals surface area contributed by atoms with Gasteiger partial charge in [0, 0.05) is 11.3 Å². The van der Waals surface area contributed by atoms with E-state index in [0.29, 0.717) is 35.2 Å². The highest BCUT2D eigenvalue weighted by Gasteiger charge is 2.30. The predicted octanol–water partition coefficient (Wildman–Crippen LogP) is 3.18. The zero-order chi connectivity index (χ0) is 27.2. The second kappa shape index (κ2) is 11.3. The number of carbonyl (C=O) groups excluding carboxylic acids is 1. The monoisotopic (exact) mass is 516 g/mol. The molecule has 3 aromatic carbocycles. The summed E-state index contributed by atoms with van der Waals surface area (Å²) < 4.78 is 11.2. The Hall–Kier alpha value is -5.06. The van der Waals surface area contributed by atoms with Crippen molar-refractivity contribution in [3.8, 4) is 11.5 Å². The molecule has 0 saturated carbocycles. The van der Waals surface area contributed by atoms with E-state index < -0.39 is 17.9 Å². The summed E-state index contributed by atoms with van der Waals surface area (Å²) in [6.45, 7) is 2.11. The van der Waals surface area contributed by atoms with E-state index in [1.807, 2.05) is 19.1 Å². The number of amidine groups is 2. The van der Waals surface area contributed by atoms with Crippen molar-refractivity contribution in [3.63, 3.8) is 0 Å². The number of carboxylic acid groups (broad SMARTS) is 1. The Labute approximate surface area is 219 Å². The number of aliphatic imine (C=N–C) groups is 1. The van der Waals surface area contributed by atoms with E-state index >= 15 is 0 Å². The second-order valence-electron chi connectivity index (χ2n) is 8.28. The van der Waals surface area contributed by atoms with Crippen LogP contribution in [0.5, 0.6) is 11.5 Å². The first-order valence-corrected chi connectivity index (χ1v) is 11.8. The molecule has 1 heterocycles. The molecule has 0 radical (unpaired) electrons. The lowest BCUT2D eigenvalue weighted by Gasteiger charge is -2.33. The maximum absolute atomic E-state index is 12.8. The highest BCUT2D eigenvalue weighted by Crippen LogP contribution is 2.33. The molecule has 1 amide bonds. The van der Waals surface area contributed by atoms with Crippen LogP contribution in [0, 0.1) is 5.41 Å². The van der Waals surface area contributed by atoms with Crippen LogP contribution in [0.2, 0.25) is 0 Å². The van der Waals surface area contributed by atoms with Gasteiger partial charge in [-0.1, -0.05) is 18.2 Å². The predicted molar refractivity (Wildman–Crippen MR) is 144 cm³/mol. The smallest absolute Gasteiger partial charge is 0.337 e. The van der Waals surface area contributed by atoms with Crippen molar-refractivity contribution < 1.29 is 24.2 Å². The van der Waals surface area contributed by atoms with Crippen molar-refractivity contribution >= 4 is 34.9 Å². The zero-order valence-corrected chi connectivity index (χ0v) is 20.9. The van der Waals surface area contributed by atoms with Gasteiger partial charge in [-0.2, -0.15) is 0 Å². The lowest BCUT2D eigenvalue weighted by Crippen LogP contribution is -2.54. The number of nitrogens with two attached hydrogens (primary N) is 1. The van der Waals surface area contributed by atoms with Crippen molar-refractivity contribution in [2.24, 2.45) is 10.7 Å². The Kier molecular flexibility index (Phi) is 7.76. The maximum atomic E-state index is 12.8. The minimum atomic E-state index is -1.16. The van der Waals surface area contributed by atoms with Crippen LogP contribution >= 0.6 is 0 Å². The molecule has 6 N–H and O–H groups in total. The number of hydrogen-bond donors (Lipinski definition) is 5. The Balaban J connectivity index is 1.75. The second-order valence-corrected chi connectivity index (χ2v) is 8.28. The van der Waals surface area contributed by atoms with Gasteiger partial charge >= 0.3 is 5.97 Å². The Morgan fingerprint density at radius 3 is 2.58 bits per heavy atom. The standard InChI is InChI=1S/C27H28N6O5/c1-3-38-22-14-17(10-13-21(22)37-2)24(31-18-11-8-16(9-12-18)25(28)29)26-30-15-23(34)33(32-26)20-7-5-4-6-19(20)27(35)36/h4-14,24,31H,3,15H2,1-2H3,(H3,28,29)(H,30,32)(H,35,36). The number of hydrazine groups is 1. The minimum Gasteiger partial charge on any atom is -0.493 e. The van der Waals surface area contributed by atoms with E-state index in [2.05, 4.69) is 15.7 Å². The quantitative estimate of drug-likeness (QED) is 0.203. The summed E-state index contributed by atoms with van der Waals surface area (Å²) in [6.07, 6.45) is 0. The number of amides is 1. The molecule has 1 atom stereocenters. The average molecular weight is 517 g/mol. The van der Waals surface area contributed by atoms with Crippen LogP contribution in [-0.4, -0.2) is 48.9 Å². The topological polar surface area (TPSA) is 162 Å². The fraction of sp³-hybridized carbons (Fsp3) is 0.185. The van der Waals surface area contributed by atoms with Gasteiger partial charge in [0.05, 0.1) is 25.0 Å². The normalized spacial score (nSPS) is 13.7. The SMILES string of the molecule is CCOc1cc(C(Nc2ccc(C(=N)N)cc2)C2=NCC(=O)N(c3ccccc3C(=O)O)N2)ccc1OC. The number of carboxylic acids is 1. The van der Waals surface area contributed by atoms with Crippen molar-refractivity contribution in [1.29, 1.82) is 5.41 Å². The zero-order valence-electron chi connectivity index (χ0n) is 20.9. The molecule has 1 aliphatic rings. The van der Waals surface area contributed by atoms with Gasteiger partial charge in [-0.05, 0) is 61.0 Å². The van der Waals surface area contributed by atoms with Crippen LogP contribution in [0.4, 0.5) is 11.4 Å². The summed E-state index contributed by atoms with van der Waals surface area (Å²) in [5.41, 5.74) is 10.8. The first kappa shape index (κ1) is 26.0. The number of para-hydroxylation sites is 1. The number of aromatic carboxylic acids is 1. The first-order chi connectivity index (χ1) is 18.3. The summed E-state index contributed by atoms with van der Waals surface area (Å²) in [7, 11) is 1.56. The molecule has 0 spiro atoms. The third-order valence-corrected chi connectivity index (χ3v) is 5.84. The van der Waals surface area contributed by atoms with Crippen LogP contribution in [0.3, 0.4) is 0 Å². The number of methoxy groups -OCH3 is 1. The van der Waals surface area contributed by atoms with Crippen LogP contribution in [-0.2, 0) is 4.79 Å². The van der Waals surface area contributed by atoms with Crippen molar-refractivity contribution in [1.82, 2.24) is 5.43 Å². The molecule has 196 valence electrons. The van der Waals surface area contributed by atoms with E-state index in [9.17, 15) is 14.7 Å².